The van der Waals surface area contributed by atoms with Crippen LogP contribution in [-0.2, 0) is 4.79 Å². The first-order valence-electron chi connectivity index (χ1n) is 9.22. The molecule has 9 heteroatoms. The second-order valence-corrected chi connectivity index (χ2v) is 8.44. The Morgan fingerprint density at radius 1 is 1.38 bits per heavy atom. The highest BCUT2D eigenvalue weighted by atomic mass is 35.5. The Morgan fingerprint density at radius 3 is 3.00 bits per heavy atom. The smallest absolute Gasteiger partial charge is 0.257 e. The van der Waals surface area contributed by atoms with Crippen LogP contribution in [0.4, 0.5) is 4.39 Å². The molecule has 2 aliphatic heterocycles. The zero-order valence-corrected chi connectivity index (χ0v) is 18.0. The van der Waals surface area contributed by atoms with Crippen LogP contribution in [0, 0.1) is 5.82 Å². The third kappa shape index (κ3) is 6.32. The van der Waals surface area contributed by atoms with Gasteiger partial charge in [0, 0.05) is 30.4 Å². The molecule has 29 heavy (non-hydrogen) atoms. The summed E-state index contributed by atoms with van der Waals surface area (Å²) in [5, 5.41) is 7.14. The topological polar surface area (TPSA) is 62.4 Å². The van der Waals surface area contributed by atoms with Gasteiger partial charge in [-0.2, -0.15) is 0 Å². The van der Waals surface area contributed by atoms with Gasteiger partial charge in [0.2, 0.25) is 0 Å². The molecule has 1 unspecified atom stereocenters. The van der Waals surface area contributed by atoms with Crippen LogP contribution in [0.3, 0.4) is 0 Å². The fraction of sp³-hybridized carbons (Fsp3) is 0.350. The number of ether oxygens (including phenoxy) is 1. The number of benzene rings is 1. The number of allylic oxidation sites excluding steroid dienone is 3. The van der Waals surface area contributed by atoms with E-state index in [-0.39, 0.29) is 28.7 Å². The average Bonchev–Trinajstić information content (AvgIpc) is 3.00. The summed E-state index contributed by atoms with van der Waals surface area (Å²) in [6, 6.07) is 4.03. The van der Waals surface area contributed by atoms with Crippen molar-refractivity contribution >= 4 is 41.1 Å². The van der Waals surface area contributed by atoms with Crippen LogP contribution in [-0.4, -0.2) is 24.4 Å². The van der Waals surface area contributed by atoms with Crippen molar-refractivity contribution in [2.24, 2.45) is 0 Å². The third-order valence-electron chi connectivity index (χ3n) is 4.47. The van der Waals surface area contributed by atoms with Crippen molar-refractivity contribution in [1.29, 1.82) is 0 Å². The Kier molecular flexibility index (Phi) is 7.75. The number of nitrogens with one attached hydrogen (secondary N) is 3. The Balaban J connectivity index is 1.32. The molecule has 0 saturated carbocycles. The molecule has 1 aliphatic carbocycles. The predicted molar refractivity (Wildman–Crippen MR) is 116 cm³/mol. The molecule has 1 aromatic carbocycles. The quantitative estimate of drug-likeness (QED) is 0.472. The lowest BCUT2D eigenvalue weighted by Gasteiger charge is -2.25. The molecule has 5 nitrogen and oxygen atoms in total. The number of dihydropyridines is 1. The number of halogens is 3. The number of hydrogen-bond donors (Lipinski definition) is 3. The fourth-order valence-electron chi connectivity index (χ4n) is 2.93. The van der Waals surface area contributed by atoms with Crippen molar-refractivity contribution in [2.75, 3.05) is 13.2 Å². The lowest BCUT2D eigenvalue weighted by atomic mass is 10.1. The molecule has 1 amide bonds. The van der Waals surface area contributed by atoms with Gasteiger partial charge in [-0.05, 0) is 55.0 Å². The van der Waals surface area contributed by atoms with Gasteiger partial charge in [0.25, 0.3) is 5.91 Å². The SMILES string of the molecule is C=C(CCNC(=O)COc1ccc(Cl)c(F)c1)NSC1NC2=C(Cl)C=C1CCC2. The number of amides is 1. The Labute approximate surface area is 183 Å². The molecule has 4 rings (SSSR count). The molecular formula is C20H22Cl2FN3O2S. The van der Waals surface area contributed by atoms with E-state index in [0.717, 1.165) is 41.8 Å². The average molecular weight is 458 g/mol. The molecule has 0 radical (unpaired) electrons. The van der Waals surface area contributed by atoms with Crippen LogP contribution >= 0.6 is 35.1 Å². The van der Waals surface area contributed by atoms with Gasteiger partial charge in [-0.25, -0.2) is 4.39 Å². The van der Waals surface area contributed by atoms with Crippen molar-refractivity contribution < 1.29 is 13.9 Å². The van der Waals surface area contributed by atoms with Crippen molar-refractivity contribution in [3.05, 3.63) is 63.7 Å². The summed E-state index contributed by atoms with van der Waals surface area (Å²) in [4.78, 5) is 11.9. The van der Waals surface area contributed by atoms with E-state index in [1.807, 2.05) is 0 Å². The van der Waals surface area contributed by atoms with E-state index in [1.165, 1.54) is 17.7 Å². The number of hydrogen-bond acceptors (Lipinski definition) is 5. The van der Waals surface area contributed by atoms with Crippen LogP contribution in [0.5, 0.6) is 5.75 Å². The molecule has 3 N–H and O–H groups in total. The van der Waals surface area contributed by atoms with Gasteiger partial charge in [-0.3, -0.25) is 4.79 Å². The number of fused-ring (bicyclic) bond motifs is 4. The maximum atomic E-state index is 13.3. The zero-order valence-electron chi connectivity index (χ0n) is 15.7. The Bertz CT molecular complexity index is 860. The second kappa shape index (κ2) is 10.3. The molecule has 0 spiro atoms. The molecule has 1 saturated heterocycles. The maximum Gasteiger partial charge on any atom is 0.257 e. The molecule has 2 bridgehead atoms. The molecule has 2 heterocycles. The van der Waals surface area contributed by atoms with Gasteiger partial charge in [0.15, 0.2) is 6.61 Å². The molecule has 1 aromatic rings. The highest BCUT2D eigenvalue weighted by Crippen LogP contribution is 2.34. The van der Waals surface area contributed by atoms with Crippen molar-refractivity contribution in [2.45, 2.75) is 31.1 Å². The van der Waals surface area contributed by atoms with Crippen molar-refractivity contribution in [3.8, 4) is 5.75 Å². The van der Waals surface area contributed by atoms with Gasteiger partial charge in [0.1, 0.15) is 16.9 Å². The first kappa shape index (κ1) is 21.9. The molecular weight excluding hydrogens is 436 g/mol. The van der Waals surface area contributed by atoms with Gasteiger partial charge < -0.3 is 20.1 Å². The van der Waals surface area contributed by atoms with Crippen LogP contribution in [0.2, 0.25) is 5.02 Å². The van der Waals surface area contributed by atoms with Gasteiger partial charge in [0.05, 0.1) is 10.1 Å². The highest BCUT2D eigenvalue weighted by Gasteiger charge is 2.25. The lowest BCUT2D eigenvalue weighted by molar-refractivity contribution is -0.123. The van der Waals surface area contributed by atoms with E-state index in [9.17, 15) is 9.18 Å². The lowest BCUT2D eigenvalue weighted by Crippen LogP contribution is -2.32. The van der Waals surface area contributed by atoms with E-state index in [1.54, 1.807) is 11.9 Å². The summed E-state index contributed by atoms with van der Waals surface area (Å²) in [5.41, 5.74) is 3.16. The first-order chi connectivity index (χ1) is 13.9. The van der Waals surface area contributed by atoms with E-state index in [0.29, 0.717) is 13.0 Å². The summed E-state index contributed by atoms with van der Waals surface area (Å²) < 4.78 is 21.8. The van der Waals surface area contributed by atoms with E-state index < -0.39 is 5.82 Å². The van der Waals surface area contributed by atoms with Crippen molar-refractivity contribution in [3.63, 3.8) is 0 Å². The number of rotatable bonds is 9. The van der Waals surface area contributed by atoms with Crippen LogP contribution in [0.25, 0.3) is 0 Å². The van der Waals surface area contributed by atoms with Gasteiger partial charge in [-0.1, -0.05) is 29.8 Å². The Morgan fingerprint density at radius 2 is 2.21 bits per heavy atom. The summed E-state index contributed by atoms with van der Waals surface area (Å²) in [5.74, 6) is -0.635. The number of carbonyl (C=O) groups excluding carboxylic acids is 1. The number of carbonyl (C=O) groups is 1. The first-order valence-corrected chi connectivity index (χ1v) is 10.9. The summed E-state index contributed by atoms with van der Waals surface area (Å²) in [6.07, 6.45) is 5.71. The zero-order chi connectivity index (χ0) is 20.8. The molecule has 1 fully saturated rings. The van der Waals surface area contributed by atoms with Crippen LogP contribution in [0.1, 0.15) is 25.7 Å². The van der Waals surface area contributed by atoms with Crippen LogP contribution in [0.15, 0.2) is 52.9 Å². The molecule has 1 atom stereocenters. The van der Waals surface area contributed by atoms with Crippen molar-refractivity contribution in [1.82, 2.24) is 15.4 Å². The van der Waals surface area contributed by atoms with Gasteiger partial charge in [-0.15, -0.1) is 0 Å². The summed E-state index contributed by atoms with van der Waals surface area (Å²) >= 11 is 13.4. The molecule has 156 valence electrons. The third-order valence-corrected chi connectivity index (χ3v) is 6.17. The largest absolute Gasteiger partial charge is 0.484 e. The molecule has 0 aromatic heterocycles. The Hall–Kier alpha value is -1.83. The second-order valence-electron chi connectivity index (χ2n) is 6.71. The highest BCUT2D eigenvalue weighted by molar-refractivity contribution is 7.98. The fourth-order valence-corrected chi connectivity index (χ4v) is 4.26. The predicted octanol–water partition coefficient (Wildman–Crippen LogP) is 4.61. The monoisotopic (exact) mass is 457 g/mol. The van der Waals surface area contributed by atoms with E-state index in [4.69, 9.17) is 27.9 Å². The summed E-state index contributed by atoms with van der Waals surface area (Å²) in [7, 11) is 0. The van der Waals surface area contributed by atoms with Gasteiger partial charge >= 0.3 is 0 Å². The minimum Gasteiger partial charge on any atom is -0.484 e. The van der Waals surface area contributed by atoms with E-state index in [2.05, 4.69) is 28.0 Å². The molecule has 3 aliphatic rings. The summed E-state index contributed by atoms with van der Waals surface area (Å²) in [6.45, 7) is 4.21. The minimum atomic E-state index is -0.588. The maximum absolute atomic E-state index is 13.3. The minimum absolute atomic E-state index is 0.00803. The normalized spacial score (nSPS) is 17.9. The standard InChI is InChI=1S/C20H22Cl2FN3O2S/c1-12(26-29-20-13-3-2-4-18(25-20)16(22)9-13)7-8-24-19(27)11-28-14-5-6-15(21)17(23)10-14/h5-6,9-10,20,25-26H,1-4,7-8,11H2,(H,24,27). The van der Waals surface area contributed by atoms with Crippen LogP contribution < -0.4 is 20.1 Å². The van der Waals surface area contributed by atoms with E-state index >= 15 is 0 Å².